The number of furan rings is 1. The van der Waals surface area contributed by atoms with Gasteiger partial charge in [0.25, 0.3) is 0 Å². The molecule has 0 aromatic carbocycles. The Balaban J connectivity index is 2.28. The molecule has 1 unspecified atom stereocenters. The lowest BCUT2D eigenvalue weighted by molar-refractivity contribution is 0.0696. The number of rotatable bonds is 2. The highest BCUT2D eigenvalue weighted by Gasteiger charge is 2.38. The van der Waals surface area contributed by atoms with E-state index in [1.807, 2.05) is 19.9 Å². The van der Waals surface area contributed by atoms with E-state index >= 15 is 0 Å². The average Bonchev–Trinajstić information content (AvgIpc) is 2.56. The predicted octanol–water partition coefficient (Wildman–Crippen LogP) is 4.30. The smallest absolute Gasteiger partial charge is 0.169 e. The van der Waals surface area contributed by atoms with Gasteiger partial charge in [0.1, 0.15) is 11.5 Å². The van der Waals surface area contributed by atoms with Crippen molar-refractivity contribution in [1.29, 1.82) is 0 Å². The minimum Gasteiger partial charge on any atom is -0.466 e. The highest BCUT2D eigenvalue weighted by atomic mass is 16.3. The van der Waals surface area contributed by atoms with Crippen molar-refractivity contribution < 1.29 is 9.21 Å². The molecule has 1 aliphatic carbocycles. The highest BCUT2D eigenvalue weighted by Crippen LogP contribution is 2.42. The summed E-state index contributed by atoms with van der Waals surface area (Å²) in [5.74, 6) is 2.05. The summed E-state index contributed by atoms with van der Waals surface area (Å²) in [4.78, 5) is 12.6. The molecule has 2 nitrogen and oxygen atoms in total. The van der Waals surface area contributed by atoms with E-state index in [0.29, 0.717) is 0 Å². The van der Waals surface area contributed by atoms with E-state index in [9.17, 15) is 4.79 Å². The van der Waals surface area contributed by atoms with Crippen LogP contribution in [0, 0.1) is 25.2 Å². The van der Waals surface area contributed by atoms with Gasteiger partial charge >= 0.3 is 0 Å². The molecule has 0 aliphatic heterocycles. The summed E-state index contributed by atoms with van der Waals surface area (Å²) < 4.78 is 5.47. The second-order valence-electron chi connectivity index (χ2n) is 5.98. The molecule has 1 aliphatic rings. The molecule has 0 bridgehead atoms. The fourth-order valence-electron chi connectivity index (χ4n) is 3.04. The van der Waals surface area contributed by atoms with Gasteiger partial charge in [0.15, 0.2) is 5.78 Å². The van der Waals surface area contributed by atoms with Crippen molar-refractivity contribution in [2.45, 2.75) is 53.4 Å². The molecule has 1 aromatic rings. The van der Waals surface area contributed by atoms with Gasteiger partial charge in [0.05, 0.1) is 5.56 Å². The first-order valence-corrected chi connectivity index (χ1v) is 6.53. The molecule has 1 heterocycles. The van der Waals surface area contributed by atoms with Gasteiger partial charge in [0.2, 0.25) is 0 Å². The molecule has 0 radical (unpaired) electrons. The van der Waals surface area contributed by atoms with Crippen molar-refractivity contribution in [3.8, 4) is 0 Å². The van der Waals surface area contributed by atoms with E-state index < -0.39 is 0 Å². The van der Waals surface area contributed by atoms with Gasteiger partial charge in [-0.2, -0.15) is 0 Å². The Morgan fingerprint density at radius 3 is 2.59 bits per heavy atom. The Labute approximate surface area is 103 Å². The van der Waals surface area contributed by atoms with Crippen molar-refractivity contribution in [3.63, 3.8) is 0 Å². The van der Waals surface area contributed by atoms with Crippen molar-refractivity contribution in [2.24, 2.45) is 11.3 Å². The van der Waals surface area contributed by atoms with Crippen LogP contribution in [0.2, 0.25) is 0 Å². The van der Waals surface area contributed by atoms with Gasteiger partial charge in [-0.05, 0) is 38.2 Å². The van der Waals surface area contributed by atoms with Crippen molar-refractivity contribution in [1.82, 2.24) is 0 Å². The summed E-state index contributed by atoms with van der Waals surface area (Å²) in [7, 11) is 0. The van der Waals surface area contributed by atoms with Crippen LogP contribution in [0.25, 0.3) is 0 Å². The van der Waals surface area contributed by atoms with Crippen LogP contribution in [-0.4, -0.2) is 5.78 Å². The number of carbonyl (C=O) groups excluding carboxylic acids is 1. The second-order valence-corrected chi connectivity index (χ2v) is 5.98. The Bertz CT molecular complexity index is 426. The topological polar surface area (TPSA) is 30.2 Å². The first kappa shape index (κ1) is 12.4. The number of Topliss-reactive ketones (excluding diaryl/α,β-unsaturated/α-hetero) is 1. The average molecular weight is 234 g/mol. The van der Waals surface area contributed by atoms with Crippen LogP contribution in [0.4, 0.5) is 0 Å². The Morgan fingerprint density at radius 1 is 1.35 bits per heavy atom. The third-order valence-electron chi connectivity index (χ3n) is 4.13. The van der Waals surface area contributed by atoms with Crippen LogP contribution < -0.4 is 0 Å². The van der Waals surface area contributed by atoms with E-state index in [4.69, 9.17) is 4.42 Å². The fraction of sp³-hybridized carbons (Fsp3) is 0.667. The molecule has 0 amide bonds. The molecular formula is C15H22O2. The summed E-state index contributed by atoms with van der Waals surface area (Å²) in [5, 5.41) is 0. The summed E-state index contributed by atoms with van der Waals surface area (Å²) in [6.07, 6.45) is 4.60. The number of hydrogen-bond acceptors (Lipinski definition) is 2. The van der Waals surface area contributed by atoms with Crippen molar-refractivity contribution in [2.75, 3.05) is 0 Å². The molecule has 94 valence electrons. The summed E-state index contributed by atoms with van der Waals surface area (Å²) >= 11 is 0. The van der Waals surface area contributed by atoms with Crippen molar-refractivity contribution in [3.05, 3.63) is 23.2 Å². The van der Waals surface area contributed by atoms with E-state index in [-0.39, 0.29) is 17.1 Å². The van der Waals surface area contributed by atoms with E-state index in [1.54, 1.807) is 0 Å². The third-order valence-corrected chi connectivity index (χ3v) is 4.13. The quantitative estimate of drug-likeness (QED) is 0.714. The van der Waals surface area contributed by atoms with Gasteiger partial charge < -0.3 is 4.42 Å². The summed E-state index contributed by atoms with van der Waals surface area (Å²) in [6, 6.07) is 1.89. The molecule has 1 aromatic heterocycles. The zero-order valence-electron chi connectivity index (χ0n) is 11.3. The number of hydrogen-bond donors (Lipinski definition) is 0. The lowest BCUT2D eigenvalue weighted by Gasteiger charge is -2.37. The molecule has 1 saturated carbocycles. The second kappa shape index (κ2) is 4.32. The number of carbonyl (C=O) groups is 1. The van der Waals surface area contributed by atoms with Crippen LogP contribution in [0.5, 0.6) is 0 Å². The molecule has 17 heavy (non-hydrogen) atoms. The molecule has 2 rings (SSSR count). The standard InChI is InChI=1S/C15H22O2/c1-10-9-12(11(2)17-10)14(16)13-7-5-6-8-15(13,3)4/h9,13H,5-8H2,1-4H3. The number of aryl methyl sites for hydroxylation is 2. The minimum atomic E-state index is 0.132. The first-order valence-electron chi connectivity index (χ1n) is 6.53. The highest BCUT2D eigenvalue weighted by molar-refractivity contribution is 5.99. The molecule has 0 N–H and O–H groups in total. The monoisotopic (exact) mass is 234 g/mol. The van der Waals surface area contributed by atoms with E-state index in [2.05, 4.69) is 13.8 Å². The maximum Gasteiger partial charge on any atom is 0.169 e. The largest absolute Gasteiger partial charge is 0.466 e. The SMILES string of the molecule is Cc1cc(C(=O)C2CCCCC2(C)C)c(C)o1. The van der Waals surface area contributed by atoms with Gasteiger partial charge in [-0.25, -0.2) is 0 Å². The normalized spacial score (nSPS) is 23.6. The van der Waals surface area contributed by atoms with Crippen LogP contribution >= 0.6 is 0 Å². The Kier molecular flexibility index (Phi) is 3.15. The molecular weight excluding hydrogens is 212 g/mol. The molecule has 2 heteroatoms. The van der Waals surface area contributed by atoms with Gasteiger partial charge in [-0.3, -0.25) is 4.79 Å². The lowest BCUT2D eigenvalue weighted by Crippen LogP contribution is -2.34. The Morgan fingerprint density at radius 2 is 2.06 bits per heavy atom. The van der Waals surface area contributed by atoms with Crippen LogP contribution in [0.3, 0.4) is 0 Å². The van der Waals surface area contributed by atoms with Crippen LogP contribution in [0.1, 0.15) is 61.4 Å². The fourth-order valence-corrected chi connectivity index (χ4v) is 3.04. The Hall–Kier alpha value is -1.05. The van der Waals surface area contributed by atoms with Crippen molar-refractivity contribution >= 4 is 5.78 Å². The van der Waals surface area contributed by atoms with Gasteiger partial charge in [-0.15, -0.1) is 0 Å². The summed E-state index contributed by atoms with van der Waals surface area (Å²) in [5.41, 5.74) is 0.926. The zero-order valence-corrected chi connectivity index (χ0v) is 11.3. The maximum atomic E-state index is 12.6. The van der Waals surface area contributed by atoms with Gasteiger partial charge in [0, 0.05) is 5.92 Å². The van der Waals surface area contributed by atoms with Crippen LogP contribution in [-0.2, 0) is 0 Å². The molecule has 1 atom stereocenters. The zero-order chi connectivity index (χ0) is 12.6. The molecule has 0 saturated heterocycles. The lowest BCUT2D eigenvalue weighted by atomic mass is 9.66. The first-order chi connectivity index (χ1) is 7.92. The molecule has 1 fully saturated rings. The molecule has 0 spiro atoms. The number of ketones is 1. The third kappa shape index (κ3) is 2.31. The maximum absolute atomic E-state index is 12.6. The minimum absolute atomic E-state index is 0.132. The summed E-state index contributed by atoms with van der Waals surface area (Å²) in [6.45, 7) is 8.22. The predicted molar refractivity (Wildman–Crippen MR) is 68.3 cm³/mol. The van der Waals surface area contributed by atoms with Crippen LogP contribution in [0.15, 0.2) is 10.5 Å². The van der Waals surface area contributed by atoms with E-state index in [0.717, 1.165) is 29.9 Å². The van der Waals surface area contributed by atoms with Gasteiger partial charge in [-0.1, -0.05) is 26.7 Å². The van der Waals surface area contributed by atoms with E-state index in [1.165, 1.54) is 12.8 Å².